The third-order valence-electron chi connectivity index (χ3n) is 4.82. The number of anilines is 1. The molecule has 2 heterocycles. The SMILES string of the molecule is COc1ccc(C2Nn3c(C)nnc3SC2C(=O)Nc2cc(C)cc(C)c2)cc1. The molecule has 4 rings (SSSR count). The molecule has 29 heavy (non-hydrogen) atoms. The van der Waals surface area contributed by atoms with Crippen molar-refractivity contribution in [3.8, 4) is 5.75 Å². The smallest absolute Gasteiger partial charge is 0.240 e. The van der Waals surface area contributed by atoms with Gasteiger partial charge in [-0.1, -0.05) is 30.0 Å². The summed E-state index contributed by atoms with van der Waals surface area (Å²) in [6, 6.07) is 13.5. The number of thioether (sulfide) groups is 1. The Bertz CT molecular complexity index is 1030. The third-order valence-corrected chi connectivity index (χ3v) is 6.04. The van der Waals surface area contributed by atoms with Crippen molar-refractivity contribution in [2.75, 3.05) is 17.9 Å². The average molecular weight is 410 g/mol. The number of fused-ring (bicyclic) bond motifs is 1. The summed E-state index contributed by atoms with van der Waals surface area (Å²) < 4.78 is 7.10. The van der Waals surface area contributed by atoms with Gasteiger partial charge in [-0.15, -0.1) is 10.2 Å². The highest BCUT2D eigenvalue weighted by Crippen LogP contribution is 2.38. The number of ether oxygens (including phenoxy) is 1. The van der Waals surface area contributed by atoms with Gasteiger partial charge in [-0.3, -0.25) is 4.79 Å². The van der Waals surface area contributed by atoms with Gasteiger partial charge < -0.3 is 15.5 Å². The zero-order valence-electron chi connectivity index (χ0n) is 16.8. The lowest BCUT2D eigenvalue weighted by Gasteiger charge is -2.32. The minimum absolute atomic E-state index is 0.0831. The molecule has 150 valence electrons. The number of nitrogens with one attached hydrogen (secondary N) is 2. The zero-order chi connectivity index (χ0) is 20.5. The van der Waals surface area contributed by atoms with E-state index in [0.717, 1.165) is 34.0 Å². The lowest BCUT2D eigenvalue weighted by molar-refractivity contribution is -0.116. The Kier molecular flexibility index (Phi) is 5.19. The van der Waals surface area contributed by atoms with E-state index in [4.69, 9.17) is 4.74 Å². The standard InChI is InChI=1S/C21H23N5O2S/c1-12-9-13(2)11-16(10-12)22-20(27)19-18(15-5-7-17(28-4)8-6-15)25-26-14(3)23-24-21(26)29-19/h5-11,18-19,25H,1-4H3,(H,22,27). The first-order chi connectivity index (χ1) is 13.9. The lowest BCUT2D eigenvalue weighted by atomic mass is 10.0. The van der Waals surface area contributed by atoms with Crippen LogP contribution in [-0.2, 0) is 4.79 Å². The Balaban J connectivity index is 1.66. The molecule has 7 nitrogen and oxygen atoms in total. The van der Waals surface area contributed by atoms with Gasteiger partial charge in [0.2, 0.25) is 11.1 Å². The Hall–Kier alpha value is -3.00. The molecule has 0 saturated carbocycles. The first-order valence-corrected chi connectivity index (χ1v) is 10.2. The predicted molar refractivity (Wildman–Crippen MR) is 114 cm³/mol. The first-order valence-electron chi connectivity index (χ1n) is 9.33. The fourth-order valence-corrected chi connectivity index (χ4v) is 4.61. The van der Waals surface area contributed by atoms with Crippen LogP contribution >= 0.6 is 11.8 Å². The van der Waals surface area contributed by atoms with Crippen molar-refractivity contribution in [1.29, 1.82) is 0 Å². The molecule has 1 amide bonds. The Morgan fingerprint density at radius 1 is 1.10 bits per heavy atom. The van der Waals surface area contributed by atoms with Crippen LogP contribution < -0.4 is 15.5 Å². The minimum atomic E-state index is -0.416. The Morgan fingerprint density at radius 3 is 2.45 bits per heavy atom. The van der Waals surface area contributed by atoms with E-state index >= 15 is 0 Å². The van der Waals surface area contributed by atoms with Gasteiger partial charge in [-0.05, 0) is 61.7 Å². The van der Waals surface area contributed by atoms with Crippen molar-refractivity contribution >= 4 is 23.4 Å². The second-order valence-electron chi connectivity index (χ2n) is 7.15. The second-order valence-corrected chi connectivity index (χ2v) is 8.26. The topological polar surface area (TPSA) is 81.1 Å². The van der Waals surface area contributed by atoms with Crippen LogP contribution in [0.5, 0.6) is 5.75 Å². The molecule has 1 aromatic heterocycles. The molecule has 0 fully saturated rings. The Labute approximate surface area is 173 Å². The number of methoxy groups -OCH3 is 1. The highest BCUT2D eigenvalue weighted by molar-refractivity contribution is 8.00. The van der Waals surface area contributed by atoms with Gasteiger partial charge in [0.05, 0.1) is 13.2 Å². The van der Waals surface area contributed by atoms with Crippen LogP contribution in [0.4, 0.5) is 5.69 Å². The largest absolute Gasteiger partial charge is 0.497 e. The molecule has 1 aliphatic heterocycles. The summed E-state index contributed by atoms with van der Waals surface area (Å²) in [5.74, 6) is 1.44. The molecular formula is C21H23N5O2S. The van der Waals surface area contributed by atoms with E-state index in [1.54, 1.807) is 7.11 Å². The van der Waals surface area contributed by atoms with Crippen LogP contribution in [0.25, 0.3) is 0 Å². The molecule has 2 unspecified atom stereocenters. The van der Waals surface area contributed by atoms with Crippen LogP contribution in [-0.4, -0.2) is 33.1 Å². The number of aromatic nitrogens is 3. The Morgan fingerprint density at radius 2 is 1.79 bits per heavy atom. The van der Waals surface area contributed by atoms with Gasteiger partial charge in [-0.25, -0.2) is 4.68 Å². The molecule has 2 N–H and O–H groups in total. The van der Waals surface area contributed by atoms with Gasteiger partial charge in [0.25, 0.3) is 0 Å². The summed E-state index contributed by atoms with van der Waals surface area (Å²) in [6.45, 7) is 5.92. The minimum Gasteiger partial charge on any atom is -0.497 e. The van der Waals surface area contributed by atoms with Crippen LogP contribution in [0.1, 0.15) is 28.6 Å². The van der Waals surface area contributed by atoms with Crippen molar-refractivity contribution in [1.82, 2.24) is 14.9 Å². The van der Waals surface area contributed by atoms with Crippen molar-refractivity contribution in [3.05, 3.63) is 65.0 Å². The highest BCUT2D eigenvalue weighted by Gasteiger charge is 2.37. The normalized spacial score (nSPS) is 17.9. The fourth-order valence-electron chi connectivity index (χ4n) is 3.48. The van der Waals surface area contributed by atoms with Gasteiger partial charge in [0, 0.05) is 5.69 Å². The zero-order valence-corrected chi connectivity index (χ0v) is 17.6. The molecular weight excluding hydrogens is 386 g/mol. The fraction of sp³-hybridized carbons (Fsp3) is 0.286. The van der Waals surface area contributed by atoms with E-state index in [1.165, 1.54) is 11.8 Å². The van der Waals surface area contributed by atoms with Crippen LogP contribution in [0, 0.1) is 20.8 Å². The van der Waals surface area contributed by atoms with E-state index in [1.807, 2.05) is 61.8 Å². The maximum absolute atomic E-state index is 13.3. The van der Waals surface area contributed by atoms with Gasteiger partial charge >= 0.3 is 0 Å². The molecule has 0 aliphatic carbocycles. The lowest BCUT2D eigenvalue weighted by Crippen LogP contribution is -2.41. The molecule has 0 radical (unpaired) electrons. The summed E-state index contributed by atoms with van der Waals surface area (Å²) in [4.78, 5) is 13.3. The number of benzene rings is 2. The summed E-state index contributed by atoms with van der Waals surface area (Å²) in [7, 11) is 1.64. The van der Waals surface area contributed by atoms with E-state index in [-0.39, 0.29) is 11.9 Å². The molecule has 0 bridgehead atoms. The van der Waals surface area contributed by atoms with E-state index in [9.17, 15) is 4.79 Å². The quantitative estimate of drug-likeness (QED) is 0.685. The number of carbonyl (C=O) groups excluding carboxylic acids is 1. The molecule has 8 heteroatoms. The number of carbonyl (C=O) groups is 1. The number of hydrogen-bond acceptors (Lipinski definition) is 6. The van der Waals surface area contributed by atoms with Crippen LogP contribution in [0.2, 0.25) is 0 Å². The van der Waals surface area contributed by atoms with Crippen molar-refractivity contribution < 1.29 is 9.53 Å². The van der Waals surface area contributed by atoms with Crippen molar-refractivity contribution in [3.63, 3.8) is 0 Å². The maximum Gasteiger partial charge on any atom is 0.240 e. The number of rotatable bonds is 4. The summed E-state index contributed by atoms with van der Waals surface area (Å²) in [5.41, 5.74) is 7.40. The number of amides is 1. The molecule has 0 spiro atoms. The monoisotopic (exact) mass is 409 g/mol. The first kappa shape index (κ1) is 19.3. The van der Waals surface area contributed by atoms with Crippen LogP contribution in [0.15, 0.2) is 47.6 Å². The summed E-state index contributed by atoms with van der Waals surface area (Å²) >= 11 is 1.41. The molecule has 0 saturated heterocycles. The molecule has 1 aliphatic rings. The second kappa shape index (κ2) is 7.79. The molecule has 2 aromatic carbocycles. The number of aryl methyl sites for hydroxylation is 3. The highest BCUT2D eigenvalue weighted by atomic mass is 32.2. The number of hydrogen-bond donors (Lipinski definition) is 2. The van der Waals surface area contributed by atoms with E-state index in [2.05, 4.69) is 27.0 Å². The van der Waals surface area contributed by atoms with E-state index < -0.39 is 5.25 Å². The molecule has 2 atom stereocenters. The molecule has 3 aromatic rings. The average Bonchev–Trinajstić information content (AvgIpc) is 3.06. The van der Waals surface area contributed by atoms with Gasteiger partial charge in [0.1, 0.15) is 16.8 Å². The number of nitrogens with zero attached hydrogens (tertiary/aromatic N) is 3. The van der Waals surface area contributed by atoms with Crippen molar-refractivity contribution in [2.24, 2.45) is 0 Å². The van der Waals surface area contributed by atoms with Gasteiger partial charge in [-0.2, -0.15) is 0 Å². The van der Waals surface area contributed by atoms with E-state index in [0.29, 0.717) is 5.16 Å². The summed E-state index contributed by atoms with van der Waals surface area (Å²) in [5, 5.41) is 11.7. The van der Waals surface area contributed by atoms with Crippen LogP contribution in [0.3, 0.4) is 0 Å². The third kappa shape index (κ3) is 3.93. The van der Waals surface area contributed by atoms with Gasteiger partial charge in [0.15, 0.2) is 0 Å². The predicted octanol–water partition coefficient (Wildman–Crippen LogP) is 3.61. The summed E-state index contributed by atoms with van der Waals surface area (Å²) in [6.07, 6.45) is 0. The maximum atomic E-state index is 13.3. The van der Waals surface area contributed by atoms with Crippen molar-refractivity contribution in [2.45, 2.75) is 37.2 Å².